The van der Waals surface area contributed by atoms with Crippen molar-refractivity contribution in [2.45, 2.75) is 20.0 Å². The Hall–Kier alpha value is -2.53. The molecule has 0 unspecified atom stereocenters. The number of carbonyl (C=O) groups is 2. The second-order valence-corrected chi connectivity index (χ2v) is 5.61. The van der Waals surface area contributed by atoms with Crippen LogP contribution in [0.3, 0.4) is 0 Å². The lowest BCUT2D eigenvalue weighted by Gasteiger charge is -2.17. The topological polar surface area (TPSA) is 64.6 Å². The quantitative estimate of drug-likeness (QED) is 0.834. The van der Waals surface area contributed by atoms with E-state index in [1.165, 1.54) is 25.3 Å². The number of rotatable bonds is 5. The van der Waals surface area contributed by atoms with Gasteiger partial charge in [-0.05, 0) is 43.7 Å². The standard InChI is InChI=1S/C18H18ClNO4/c1-11-6-4-5-7-16(11)24-12(2)17(21)20-15-10-13(18(22)23-3)8-9-14(15)19/h4-10,12H,1-3H3,(H,20,21)/t12-/m1/s1. The number of esters is 1. The van der Waals surface area contributed by atoms with Crippen molar-refractivity contribution >= 4 is 29.2 Å². The van der Waals surface area contributed by atoms with Gasteiger partial charge in [0.2, 0.25) is 0 Å². The number of methoxy groups -OCH3 is 1. The molecule has 0 radical (unpaired) electrons. The molecule has 0 saturated heterocycles. The van der Waals surface area contributed by atoms with Crippen LogP contribution < -0.4 is 10.1 Å². The van der Waals surface area contributed by atoms with Crippen LogP contribution in [0, 0.1) is 6.92 Å². The summed E-state index contributed by atoms with van der Waals surface area (Å²) in [6.45, 7) is 3.54. The van der Waals surface area contributed by atoms with Gasteiger partial charge in [0.15, 0.2) is 6.10 Å². The van der Waals surface area contributed by atoms with Gasteiger partial charge in [0.05, 0.1) is 23.4 Å². The van der Waals surface area contributed by atoms with Crippen LogP contribution in [0.15, 0.2) is 42.5 Å². The van der Waals surface area contributed by atoms with Crippen LogP contribution in [0.5, 0.6) is 5.75 Å². The Kier molecular flexibility index (Phi) is 5.82. The molecule has 0 spiro atoms. The highest BCUT2D eigenvalue weighted by molar-refractivity contribution is 6.33. The van der Waals surface area contributed by atoms with E-state index < -0.39 is 12.1 Å². The fourth-order valence-corrected chi connectivity index (χ4v) is 2.20. The number of carbonyl (C=O) groups excluding carboxylic acids is 2. The molecule has 2 aromatic rings. The molecule has 1 N–H and O–H groups in total. The highest BCUT2D eigenvalue weighted by Gasteiger charge is 2.18. The average molecular weight is 348 g/mol. The molecule has 0 saturated carbocycles. The molecule has 5 nitrogen and oxygen atoms in total. The van der Waals surface area contributed by atoms with Crippen molar-refractivity contribution in [2.24, 2.45) is 0 Å². The highest BCUT2D eigenvalue weighted by atomic mass is 35.5. The van der Waals surface area contributed by atoms with Gasteiger partial charge < -0.3 is 14.8 Å². The maximum absolute atomic E-state index is 12.3. The van der Waals surface area contributed by atoms with Gasteiger partial charge in [-0.3, -0.25) is 4.79 Å². The van der Waals surface area contributed by atoms with E-state index in [-0.39, 0.29) is 5.91 Å². The lowest BCUT2D eigenvalue weighted by molar-refractivity contribution is -0.122. The summed E-state index contributed by atoms with van der Waals surface area (Å²) >= 11 is 6.07. The lowest BCUT2D eigenvalue weighted by atomic mass is 10.2. The molecule has 0 bridgehead atoms. The summed E-state index contributed by atoms with van der Waals surface area (Å²) in [5.74, 6) is -0.247. The van der Waals surface area contributed by atoms with Crippen molar-refractivity contribution in [3.05, 3.63) is 58.6 Å². The van der Waals surface area contributed by atoms with Crippen LogP contribution in [-0.2, 0) is 9.53 Å². The first kappa shape index (κ1) is 17.8. The molecular formula is C18H18ClNO4. The van der Waals surface area contributed by atoms with Crippen LogP contribution in [0.25, 0.3) is 0 Å². The minimum atomic E-state index is -0.732. The molecule has 24 heavy (non-hydrogen) atoms. The Morgan fingerprint density at radius 3 is 2.54 bits per heavy atom. The number of anilines is 1. The van der Waals surface area contributed by atoms with Gasteiger partial charge in [-0.1, -0.05) is 29.8 Å². The third kappa shape index (κ3) is 4.26. The number of ether oxygens (including phenoxy) is 2. The van der Waals surface area contributed by atoms with Crippen molar-refractivity contribution in [1.29, 1.82) is 0 Å². The summed E-state index contributed by atoms with van der Waals surface area (Å²) in [6.07, 6.45) is -0.732. The third-order valence-corrected chi connectivity index (χ3v) is 3.74. The van der Waals surface area contributed by atoms with Gasteiger partial charge in [-0.15, -0.1) is 0 Å². The summed E-state index contributed by atoms with van der Waals surface area (Å²) in [4.78, 5) is 23.9. The predicted octanol–water partition coefficient (Wildman–Crippen LogP) is 3.84. The normalized spacial score (nSPS) is 11.5. The van der Waals surface area contributed by atoms with E-state index in [0.717, 1.165) is 5.56 Å². The number of benzene rings is 2. The number of amides is 1. The SMILES string of the molecule is COC(=O)c1ccc(Cl)c(NC(=O)[C@@H](C)Oc2ccccc2C)c1. The first-order chi connectivity index (χ1) is 11.4. The number of aryl methyl sites for hydroxylation is 1. The average Bonchev–Trinajstić information content (AvgIpc) is 2.58. The first-order valence-corrected chi connectivity index (χ1v) is 7.71. The number of halogens is 1. The molecule has 126 valence electrons. The molecule has 0 fully saturated rings. The fraction of sp³-hybridized carbons (Fsp3) is 0.222. The van der Waals surface area contributed by atoms with Crippen molar-refractivity contribution in [2.75, 3.05) is 12.4 Å². The summed E-state index contributed by atoms with van der Waals surface area (Å²) in [7, 11) is 1.29. The minimum absolute atomic E-state index is 0.296. The molecule has 6 heteroatoms. The molecule has 1 amide bonds. The van der Waals surface area contributed by atoms with Crippen LogP contribution >= 0.6 is 11.6 Å². The van der Waals surface area contributed by atoms with Gasteiger partial charge in [0.1, 0.15) is 5.75 Å². The Morgan fingerprint density at radius 2 is 1.88 bits per heavy atom. The zero-order valence-electron chi connectivity index (χ0n) is 13.6. The third-order valence-electron chi connectivity index (χ3n) is 3.41. The number of nitrogens with one attached hydrogen (secondary N) is 1. The molecule has 0 aliphatic heterocycles. The van der Waals surface area contributed by atoms with E-state index in [9.17, 15) is 9.59 Å². The molecule has 0 aromatic heterocycles. The summed E-state index contributed by atoms with van der Waals surface area (Å²) < 4.78 is 10.3. The summed E-state index contributed by atoms with van der Waals surface area (Å²) in [5.41, 5.74) is 1.55. The van der Waals surface area contributed by atoms with E-state index in [1.54, 1.807) is 13.0 Å². The molecule has 2 aromatic carbocycles. The van der Waals surface area contributed by atoms with E-state index >= 15 is 0 Å². The van der Waals surface area contributed by atoms with Crippen LogP contribution in [0.2, 0.25) is 5.02 Å². The van der Waals surface area contributed by atoms with Crippen molar-refractivity contribution in [3.8, 4) is 5.75 Å². The smallest absolute Gasteiger partial charge is 0.337 e. The maximum Gasteiger partial charge on any atom is 0.337 e. The summed E-state index contributed by atoms with van der Waals surface area (Å²) in [5, 5.41) is 2.98. The highest BCUT2D eigenvalue weighted by Crippen LogP contribution is 2.24. The second-order valence-electron chi connectivity index (χ2n) is 5.20. The molecule has 2 rings (SSSR count). The van der Waals surface area contributed by atoms with Crippen molar-refractivity contribution in [1.82, 2.24) is 0 Å². The van der Waals surface area contributed by atoms with E-state index in [4.69, 9.17) is 16.3 Å². The molecular weight excluding hydrogens is 330 g/mol. The molecule has 0 aliphatic carbocycles. The van der Waals surface area contributed by atoms with Crippen LogP contribution in [0.4, 0.5) is 5.69 Å². The van der Waals surface area contributed by atoms with Crippen LogP contribution in [0.1, 0.15) is 22.8 Å². The zero-order valence-corrected chi connectivity index (χ0v) is 14.4. The van der Waals surface area contributed by atoms with Gasteiger partial charge >= 0.3 is 5.97 Å². The van der Waals surface area contributed by atoms with Crippen molar-refractivity contribution < 1.29 is 19.1 Å². The van der Waals surface area contributed by atoms with E-state index in [2.05, 4.69) is 10.1 Å². The largest absolute Gasteiger partial charge is 0.481 e. The van der Waals surface area contributed by atoms with Crippen molar-refractivity contribution in [3.63, 3.8) is 0 Å². The van der Waals surface area contributed by atoms with Gasteiger partial charge in [0.25, 0.3) is 5.91 Å². The Balaban J connectivity index is 2.11. The number of hydrogen-bond donors (Lipinski definition) is 1. The lowest BCUT2D eigenvalue weighted by Crippen LogP contribution is -2.30. The summed E-state index contributed by atoms with van der Waals surface area (Å²) in [6, 6.07) is 11.9. The van der Waals surface area contributed by atoms with E-state index in [0.29, 0.717) is 22.0 Å². The number of para-hydroxylation sites is 1. The Bertz CT molecular complexity index is 760. The Morgan fingerprint density at radius 1 is 1.17 bits per heavy atom. The monoisotopic (exact) mass is 347 g/mol. The van der Waals surface area contributed by atoms with Gasteiger partial charge in [-0.25, -0.2) is 4.79 Å². The second kappa shape index (κ2) is 7.84. The van der Waals surface area contributed by atoms with E-state index in [1.807, 2.05) is 25.1 Å². The Labute approximate surface area is 145 Å². The van der Waals surface area contributed by atoms with Gasteiger partial charge in [-0.2, -0.15) is 0 Å². The fourth-order valence-electron chi connectivity index (χ4n) is 2.03. The predicted molar refractivity (Wildman–Crippen MR) is 92.7 cm³/mol. The first-order valence-electron chi connectivity index (χ1n) is 7.33. The molecule has 1 atom stereocenters. The number of hydrogen-bond acceptors (Lipinski definition) is 4. The van der Waals surface area contributed by atoms with Crippen LogP contribution in [-0.4, -0.2) is 25.1 Å². The van der Waals surface area contributed by atoms with Gasteiger partial charge in [0, 0.05) is 0 Å². The molecule has 0 aliphatic rings. The maximum atomic E-state index is 12.3. The zero-order chi connectivity index (χ0) is 17.7. The minimum Gasteiger partial charge on any atom is -0.481 e. The molecule has 0 heterocycles.